The predicted molar refractivity (Wildman–Crippen MR) is 213 cm³/mol. The van der Waals surface area contributed by atoms with Gasteiger partial charge in [-0.1, -0.05) is 60.7 Å². The molecular weight excluding hydrogens is 745 g/mol. The third-order valence-corrected chi connectivity index (χ3v) is 9.03. The Labute approximate surface area is 333 Å². The fraction of sp³-hybridized carbons (Fsp3) is 0.182. The zero-order valence-electron chi connectivity index (χ0n) is 31.1. The molecule has 6 aromatic rings. The molecule has 6 rings (SSSR count). The molecule has 0 aliphatic heterocycles. The van der Waals surface area contributed by atoms with E-state index in [1.54, 1.807) is 110 Å². The Morgan fingerprint density at radius 2 is 0.948 bits per heavy atom. The average Bonchev–Trinajstić information content (AvgIpc) is 3.26. The Morgan fingerprint density at radius 1 is 0.534 bits per heavy atom. The summed E-state index contributed by atoms with van der Waals surface area (Å²) >= 11 is 0. The number of nitro groups is 2. The molecule has 14 nitrogen and oxygen atoms in total. The van der Waals surface area contributed by atoms with Gasteiger partial charge in [0, 0.05) is 49.1 Å². The summed E-state index contributed by atoms with van der Waals surface area (Å²) in [7, 11) is 0. The van der Waals surface area contributed by atoms with Crippen molar-refractivity contribution < 1.29 is 38.4 Å². The number of hydrogen-bond acceptors (Lipinski definition) is 12. The number of rotatable bonds is 18. The van der Waals surface area contributed by atoms with Crippen LogP contribution in [0.3, 0.4) is 0 Å². The van der Waals surface area contributed by atoms with Crippen LogP contribution in [0.5, 0.6) is 11.5 Å². The monoisotopic (exact) mass is 782 g/mol. The molecular formula is C44H38N4O10. The van der Waals surface area contributed by atoms with Crippen LogP contribution in [0.15, 0.2) is 146 Å². The van der Waals surface area contributed by atoms with E-state index >= 15 is 0 Å². The van der Waals surface area contributed by atoms with Gasteiger partial charge in [-0.15, -0.1) is 0 Å². The van der Waals surface area contributed by atoms with E-state index in [2.05, 4.69) is 9.97 Å². The molecule has 0 bridgehead atoms. The Morgan fingerprint density at radius 3 is 1.31 bits per heavy atom. The lowest BCUT2D eigenvalue weighted by molar-refractivity contribution is -0.385. The fourth-order valence-corrected chi connectivity index (χ4v) is 5.96. The van der Waals surface area contributed by atoms with Crippen molar-refractivity contribution in [1.82, 2.24) is 9.97 Å². The zero-order chi connectivity index (χ0) is 40.7. The molecule has 0 aliphatic rings. The van der Waals surface area contributed by atoms with Crippen molar-refractivity contribution in [2.45, 2.75) is 37.9 Å². The minimum Gasteiger partial charge on any atom is -0.490 e. The number of nitro benzene ring substituents is 2. The van der Waals surface area contributed by atoms with E-state index in [1.807, 2.05) is 12.1 Å². The van der Waals surface area contributed by atoms with Gasteiger partial charge >= 0.3 is 11.9 Å². The minimum atomic E-state index is -1.19. The topological polar surface area (TPSA) is 183 Å². The van der Waals surface area contributed by atoms with Gasteiger partial charge in [-0.3, -0.25) is 30.2 Å². The second-order valence-electron chi connectivity index (χ2n) is 13.1. The number of ether oxygens (including phenoxy) is 4. The molecule has 2 aromatic heterocycles. The van der Waals surface area contributed by atoms with E-state index in [4.69, 9.17) is 18.9 Å². The van der Waals surface area contributed by atoms with E-state index < -0.39 is 34.0 Å². The lowest BCUT2D eigenvalue weighted by Gasteiger charge is -2.21. The molecule has 0 N–H and O–H groups in total. The highest BCUT2D eigenvalue weighted by molar-refractivity contribution is 6.29. The summed E-state index contributed by atoms with van der Waals surface area (Å²) in [4.78, 5) is 56.4. The Bertz CT molecular complexity index is 2140. The summed E-state index contributed by atoms with van der Waals surface area (Å²) in [6.07, 6.45) is 6.63. The number of benzene rings is 4. The van der Waals surface area contributed by atoms with Crippen molar-refractivity contribution >= 4 is 23.3 Å². The van der Waals surface area contributed by atoms with Crippen LogP contribution in [0.4, 0.5) is 11.4 Å². The van der Waals surface area contributed by atoms with Crippen LogP contribution in [-0.4, -0.2) is 57.2 Å². The molecule has 0 fully saturated rings. The summed E-state index contributed by atoms with van der Waals surface area (Å²) in [6, 6.07) is 33.9. The van der Waals surface area contributed by atoms with Gasteiger partial charge in [-0.05, 0) is 95.5 Å². The maximum atomic E-state index is 13.3. The number of esters is 2. The fourth-order valence-electron chi connectivity index (χ4n) is 5.96. The molecule has 0 saturated heterocycles. The van der Waals surface area contributed by atoms with Crippen molar-refractivity contribution in [3.63, 3.8) is 0 Å². The molecule has 0 saturated carbocycles. The second-order valence-corrected chi connectivity index (χ2v) is 13.1. The third-order valence-electron chi connectivity index (χ3n) is 9.03. The first kappa shape index (κ1) is 40.2. The zero-order valence-corrected chi connectivity index (χ0v) is 31.1. The number of hydrogen-bond donors (Lipinski definition) is 0. The van der Waals surface area contributed by atoms with Gasteiger partial charge in [0.15, 0.2) is 0 Å². The number of pyridine rings is 2. The normalized spacial score (nSPS) is 11.8. The van der Waals surface area contributed by atoms with Crippen LogP contribution in [0.25, 0.3) is 22.3 Å². The summed E-state index contributed by atoms with van der Waals surface area (Å²) < 4.78 is 23.3. The average molecular weight is 783 g/mol. The smallest absolute Gasteiger partial charge is 0.417 e. The SMILES string of the molecule is O=C(O[C@@H](CCc1cccnc1)COc1ccc(-c2cccc([N+](=O)[O-])c2)cc1)C(=O)O[C@@H](CCc1cccnc1)COc1ccc(-c2cccc([N+](=O)[O-])c2)cc1. The van der Waals surface area contributed by atoms with Gasteiger partial charge in [0.25, 0.3) is 11.4 Å². The first-order chi connectivity index (χ1) is 28.2. The number of aromatic nitrogens is 2. The summed E-state index contributed by atoms with van der Waals surface area (Å²) in [5.41, 5.74) is 4.60. The first-order valence-corrected chi connectivity index (χ1v) is 18.3. The molecule has 0 amide bonds. The van der Waals surface area contributed by atoms with E-state index in [9.17, 15) is 29.8 Å². The van der Waals surface area contributed by atoms with Crippen molar-refractivity contribution in [2.75, 3.05) is 13.2 Å². The molecule has 294 valence electrons. The van der Waals surface area contributed by atoms with E-state index in [0.717, 1.165) is 22.3 Å². The molecule has 0 aliphatic carbocycles. The van der Waals surface area contributed by atoms with Gasteiger partial charge in [0.2, 0.25) is 0 Å². The van der Waals surface area contributed by atoms with Gasteiger partial charge in [0.1, 0.15) is 36.9 Å². The standard InChI is InChI=1S/C44H38N4O10/c49-43(57-41(17-11-31-5-3-23-45-27-31)29-55-39-19-13-33(14-20-39)35-7-1-9-37(25-35)47(51)52)44(50)58-42(18-12-32-6-4-24-46-28-32)30-56-40-21-15-34(16-22-40)36-8-2-10-38(26-36)48(53)54/h1-10,13-16,19-28,41-42H,11-12,17-18,29-30H2/t41-,42-/m0/s1. The van der Waals surface area contributed by atoms with Crippen molar-refractivity contribution in [2.24, 2.45) is 0 Å². The molecule has 14 heteroatoms. The summed E-state index contributed by atoms with van der Waals surface area (Å²) in [5, 5.41) is 22.5. The summed E-state index contributed by atoms with van der Waals surface area (Å²) in [5.74, 6) is -1.45. The molecule has 2 atom stereocenters. The highest BCUT2D eigenvalue weighted by Crippen LogP contribution is 2.28. The Hall–Kier alpha value is -7.48. The van der Waals surface area contributed by atoms with Crippen LogP contribution >= 0.6 is 0 Å². The van der Waals surface area contributed by atoms with Crippen LogP contribution < -0.4 is 9.47 Å². The van der Waals surface area contributed by atoms with Gasteiger partial charge in [0.05, 0.1) is 9.85 Å². The molecule has 2 heterocycles. The van der Waals surface area contributed by atoms with Gasteiger partial charge < -0.3 is 18.9 Å². The number of non-ortho nitro benzene ring substituents is 2. The largest absolute Gasteiger partial charge is 0.490 e. The Balaban J connectivity index is 1.10. The quantitative estimate of drug-likeness (QED) is 0.0353. The molecule has 0 unspecified atom stereocenters. The van der Waals surface area contributed by atoms with Gasteiger partial charge in [-0.2, -0.15) is 0 Å². The van der Waals surface area contributed by atoms with Gasteiger partial charge in [-0.25, -0.2) is 9.59 Å². The first-order valence-electron chi connectivity index (χ1n) is 18.3. The number of nitrogens with zero attached hydrogens (tertiary/aromatic N) is 4. The second kappa shape index (κ2) is 19.9. The summed E-state index contributed by atoms with van der Waals surface area (Å²) in [6.45, 7) is -0.148. The molecule has 0 spiro atoms. The lowest BCUT2D eigenvalue weighted by atomic mass is 10.1. The molecule has 58 heavy (non-hydrogen) atoms. The van der Waals surface area contributed by atoms with Crippen molar-refractivity contribution in [1.29, 1.82) is 0 Å². The molecule has 0 radical (unpaired) electrons. The number of carbonyl (C=O) groups excluding carboxylic acids is 2. The van der Waals surface area contributed by atoms with Crippen molar-refractivity contribution in [3.8, 4) is 33.8 Å². The highest BCUT2D eigenvalue weighted by atomic mass is 16.6. The van der Waals surface area contributed by atoms with Crippen LogP contribution in [-0.2, 0) is 31.9 Å². The van der Waals surface area contributed by atoms with Crippen LogP contribution in [0.1, 0.15) is 24.0 Å². The highest BCUT2D eigenvalue weighted by Gasteiger charge is 2.27. The molecule has 4 aromatic carbocycles. The minimum absolute atomic E-state index is 0.0196. The van der Waals surface area contributed by atoms with E-state index in [-0.39, 0.29) is 24.6 Å². The maximum Gasteiger partial charge on any atom is 0.417 e. The van der Waals surface area contributed by atoms with E-state index in [0.29, 0.717) is 48.3 Å². The third kappa shape index (κ3) is 11.8. The number of aryl methyl sites for hydroxylation is 2. The Kier molecular flexibility index (Phi) is 13.8. The van der Waals surface area contributed by atoms with Crippen molar-refractivity contribution in [3.05, 3.63) is 177 Å². The van der Waals surface area contributed by atoms with Crippen LogP contribution in [0.2, 0.25) is 0 Å². The predicted octanol–water partition coefficient (Wildman–Crippen LogP) is 8.17. The maximum absolute atomic E-state index is 13.3. The number of carbonyl (C=O) groups is 2. The van der Waals surface area contributed by atoms with E-state index in [1.165, 1.54) is 24.3 Å². The van der Waals surface area contributed by atoms with Crippen LogP contribution in [0, 0.1) is 20.2 Å². The lowest BCUT2D eigenvalue weighted by Crippen LogP contribution is -2.34.